The maximum atomic E-state index is 9.29. The molecule has 130 valence electrons. The van der Waals surface area contributed by atoms with Gasteiger partial charge >= 0.3 is 0 Å². The summed E-state index contributed by atoms with van der Waals surface area (Å²) < 4.78 is 11.5. The average Bonchev–Trinajstić information content (AvgIpc) is 2.55. The van der Waals surface area contributed by atoms with Crippen LogP contribution in [0.5, 0.6) is 11.5 Å². The minimum atomic E-state index is -0.369. The van der Waals surface area contributed by atoms with Crippen LogP contribution in [0.4, 0.5) is 0 Å². The second-order valence-electron chi connectivity index (χ2n) is 5.47. The summed E-state index contributed by atoms with van der Waals surface area (Å²) >= 11 is 5.78. The van der Waals surface area contributed by atoms with Crippen molar-refractivity contribution in [1.82, 2.24) is 10.3 Å². The fourth-order valence-corrected chi connectivity index (χ4v) is 2.24. The highest BCUT2D eigenvalue weighted by Gasteiger charge is 2.08. The third kappa shape index (κ3) is 6.00. The first-order valence-corrected chi connectivity index (χ1v) is 8.34. The van der Waals surface area contributed by atoms with Crippen molar-refractivity contribution in [3.63, 3.8) is 0 Å². The molecule has 24 heavy (non-hydrogen) atoms. The third-order valence-electron chi connectivity index (χ3n) is 3.26. The van der Waals surface area contributed by atoms with Crippen LogP contribution in [0.3, 0.4) is 0 Å². The lowest BCUT2D eigenvalue weighted by Gasteiger charge is -2.14. The zero-order chi connectivity index (χ0) is 17.4. The monoisotopic (exact) mass is 350 g/mol. The van der Waals surface area contributed by atoms with Crippen LogP contribution in [-0.2, 0) is 13.2 Å². The molecule has 5 nitrogen and oxygen atoms in total. The maximum absolute atomic E-state index is 9.29. The molecule has 0 spiro atoms. The summed E-state index contributed by atoms with van der Waals surface area (Å²) in [6, 6.07) is 9.44. The molecule has 0 saturated heterocycles. The molecule has 0 aliphatic rings. The first-order valence-electron chi connectivity index (χ1n) is 7.96. The van der Waals surface area contributed by atoms with Gasteiger partial charge in [-0.05, 0) is 37.6 Å². The standard InChI is InChI=1S/C18H23ClN2O3/c1-3-23-17-8-14(10-20-9-13(2)22)4-6-16(17)24-12-15-5-7-18(19)21-11-15/h4-8,11,13,20,22H,3,9-10,12H2,1-2H3. The highest BCUT2D eigenvalue weighted by atomic mass is 35.5. The number of aliphatic hydroxyl groups is 1. The van der Waals surface area contributed by atoms with Crippen LogP contribution < -0.4 is 14.8 Å². The Balaban J connectivity index is 2.01. The minimum Gasteiger partial charge on any atom is -0.490 e. The largest absolute Gasteiger partial charge is 0.490 e. The van der Waals surface area contributed by atoms with Gasteiger partial charge in [-0.3, -0.25) is 0 Å². The SMILES string of the molecule is CCOc1cc(CNCC(C)O)ccc1OCc1ccc(Cl)nc1. The predicted molar refractivity (Wildman–Crippen MR) is 94.6 cm³/mol. The van der Waals surface area contributed by atoms with E-state index in [9.17, 15) is 5.11 Å². The molecule has 1 heterocycles. The smallest absolute Gasteiger partial charge is 0.161 e. The van der Waals surface area contributed by atoms with Crippen LogP contribution >= 0.6 is 11.6 Å². The molecule has 2 aromatic rings. The summed E-state index contributed by atoms with van der Waals surface area (Å²) in [5, 5.41) is 12.9. The van der Waals surface area contributed by atoms with Crippen LogP contribution in [0.25, 0.3) is 0 Å². The minimum absolute atomic E-state index is 0.369. The van der Waals surface area contributed by atoms with Gasteiger partial charge in [0.05, 0.1) is 12.7 Å². The van der Waals surface area contributed by atoms with Crippen LogP contribution in [-0.4, -0.2) is 29.3 Å². The van der Waals surface area contributed by atoms with E-state index in [2.05, 4.69) is 10.3 Å². The van der Waals surface area contributed by atoms with Crippen molar-refractivity contribution in [3.05, 3.63) is 52.8 Å². The van der Waals surface area contributed by atoms with Crippen molar-refractivity contribution >= 4 is 11.6 Å². The molecule has 0 radical (unpaired) electrons. The van der Waals surface area contributed by atoms with Crippen LogP contribution in [0.15, 0.2) is 36.5 Å². The van der Waals surface area contributed by atoms with Gasteiger partial charge in [0.1, 0.15) is 11.8 Å². The number of aliphatic hydroxyl groups excluding tert-OH is 1. The van der Waals surface area contributed by atoms with Gasteiger partial charge in [-0.15, -0.1) is 0 Å². The van der Waals surface area contributed by atoms with Crippen LogP contribution in [0.1, 0.15) is 25.0 Å². The Labute approximate surface area is 147 Å². The normalized spacial score (nSPS) is 12.0. The van der Waals surface area contributed by atoms with Gasteiger partial charge in [0.15, 0.2) is 11.5 Å². The Morgan fingerprint density at radius 3 is 2.62 bits per heavy atom. The van der Waals surface area contributed by atoms with Gasteiger partial charge in [-0.25, -0.2) is 4.98 Å². The summed E-state index contributed by atoms with van der Waals surface area (Å²) in [6.07, 6.45) is 1.32. The Morgan fingerprint density at radius 1 is 1.17 bits per heavy atom. The Hall–Kier alpha value is -1.82. The van der Waals surface area contributed by atoms with E-state index in [-0.39, 0.29) is 6.10 Å². The molecule has 0 fully saturated rings. The van der Waals surface area contributed by atoms with Crippen LogP contribution in [0, 0.1) is 0 Å². The highest BCUT2D eigenvalue weighted by Crippen LogP contribution is 2.29. The van der Waals surface area contributed by atoms with Gasteiger partial charge in [0.25, 0.3) is 0 Å². The summed E-state index contributed by atoms with van der Waals surface area (Å²) in [5.41, 5.74) is 2.00. The number of nitrogens with zero attached hydrogens (tertiary/aromatic N) is 1. The third-order valence-corrected chi connectivity index (χ3v) is 3.48. The molecular formula is C18H23ClN2O3. The number of hydrogen-bond donors (Lipinski definition) is 2. The Kier molecular flexibility index (Phi) is 7.31. The zero-order valence-electron chi connectivity index (χ0n) is 14.0. The van der Waals surface area contributed by atoms with E-state index in [0.29, 0.717) is 43.0 Å². The van der Waals surface area contributed by atoms with E-state index >= 15 is 0 Å². The molecule has 0 amide bonds. The molecule has 0 aliphatic carbocycles. The molecule has 6 heteroatoms. The van der Waals surface area contributed by atoms with E-state index in [0.717, 1.165) is 11.1 Å². The number of rotatable bonds is 9. The van der Waals surface area contributed by atoms with Crippen LogP contribution in [0.2, 0.25) is 5.15 Å². The Morgan fingerprint density at radius 2 is 1.96 bits per heavy atom. The number of hydrogen-bond acceptors (Lipinski definition) is 5. The lowest BCUT2D eigenvalue weighted by atomic mass is 10.2. The van der Waals surface area contributed by atoms with Gasteiger partial charge in [-0.1, -0.05) is 23.7 Å². The van der Waals surface area contributed by atoms with E-state index < -0.39 is 0 Å². The fourth-order valence-electron chi connectivity index (χ4n) is 2.13. The molecule has 2 rings (SSSR count). The van der Waals surface area contributed by atoms with Crippen molar-refractivity contribution in [2.45, 2.75) is 33.1 Å². The summed E-state index contributed by atoms with van der Waals surface area (Å²) in [5.74, 6) is 1.39. The topological polar surface area (TPSA) is 63.6 Å². The van der Waals surface area contributed by atoms with E-state index in [4.69, 9.17) is 21.1 Å². The average molecular weight is 351 g/mol. The number of aromatic nitrogens is 1. The molecule has 1 aromatic carbocycles. The van der Waals surface area contributed by atoms with Gasteiger partial charge in [-0.2, -0.15) is 0 Å². The van der Waals surface area contributed by atoms with Crippen molar-refractivity contribution in [2.75, 3.05) is 13.2 Å². The number of nitrogens with one attached hydrogen (secondary N) is 1. The molecule has 0 bridgehead atoms. The highest BCUT2D eigenvalue weighted by molar-refractivity contribution is 6.29. The van der Waals surface area contributed by atoms with E-state index in [1.54, 1.807) is 19.2 Å². The Bertz CT molecular complexity index is 633. The summed E-state index contributed by atoms with van der Waals surface area (Å²) in [7, 11) is 0. The maximum Gasteiger partial charge on any atom is 0.161 e. The van der Waals surface area contributed by atoms with Crippen molar-refractivity contribution in [3.8, 4) is 11.5 Å². The number of benzene rings is 1. The molecule has 0 saturated carbocycles. The number of halogens is 1. The van der Waals surface area contributed by atoms with Crippen molar-refractivity contribution in [1.29, 1.82) is 0 Å². The molecule has 0 aliphatic heterocycles. The fraction of sp³-hybridized carbons (Fsp3) is 0.389. The number of ether oxygens (including phenoxy) is 2. The molecule has 1 atom stereocenters. The number of pyridine rings is 1. The van der Waals surface area contributed by atoms with Crippen molar-refractivity contribution in [2.24, 2.45) is 0 Å². The van der Waals surface area contributed by atoms with E-state index in [1.807, 2.05) is 31.2 Å². The molecular weight excluding hydrogens is 328 g/mol. The van der Waals surface area contributed by atoms with Gasteiger partial charge < -0.3 is 19.9 Å². The first-order chi connectivity index (χ1) is 11.6. The van der Waals surface area contributed by atoms with Gasteiger partial charge in [0.2, 0.25) is 0 Å². The first kappa shape index (κ1) is 18.5. The predicted octanol–water partition coefficient (Wildman–Crippen LogP) is 3.18. The molecule has 2 N–H and O–H groups in total. The lowest BCUT2D eigenvalue weighted by Crippen LogP contribution is -2.23. The van der Waals surface area contributed by atoms with Gasteiger partial charge in [0, 0.05) is 24.8 Å². The quantitative estimate of drug-likeness (QED) is 0.680. The summed E-state index contributed by atoms with van der Waals surface area (Å²) in [4.78, 5) is 4.04. The second-order valence-corrected chi connectivity index (χ2v) is 5.86. The lowest BCUT2D eigenvalue weighted by molar-refractivity contribution is 0.191. The second kappa shape index (κ2) is 9.47. The van der Waals surface area contributed by atoms with Crippen molar-refractivity contribution < 1.29 is 14.6 Å². The molecule has 1 aromatic heterocycles. The molecule has 1 unspecified atom stereocenters. The van der Waals surface area contributed by atoms with E-state index in [1.165, 1.54) is 0 Å². The zero-order valence-corrected chi connectivity index (χ0v) is 14.7. The summed E-state index contributed by atoms with van der Waals surface area (Å²) in [6.45, 7) is 5.85.